The van der Waals surface area contributed by atoms with Crippen LogP contribution in [0.25, 0.3) is 0 Å². The summed E-state index contributed by atoms with van der Waals surface area (Å²) in [6.07, 6.45) is 0.835. The molecule has 0 spiro atoms. The zero-order valence-electron chi connectivity index (χ0n) is 12.4. The highest BCUT2D eigenvalue weighted by atomic mass is 16.5. The first-order valence-electron chi connectivity index (χ1n) is 6.81. The Kier molecular flexibility index (Phi) is 5.63. The van der Waals surface area contributed by atoms with Crippen molar-refractivity contribution in [2.24, 2.45) is 5.73 Å². The van der Waals surface area contributed by atoms with E-state index in [0.29, 0.717) is 12.3 Å². The zero-order chi connectivity index (χ0) is 14.5. The van der Waals surface area contributed by atoms with Crippen LogP contribution in [0.1, 0.15) is 26.3 Å². The van der Waals surface area contributed by atoms with Gasteiger partial charge in [0, 0.05) is 12.1 Å². The fourth-order valence-electron chi connectivity index (χ4n) is 2.57. The van der Waals surface area contributed by atoms with Gasteiger partial charge in [-0.2, -0.15) is 0 Å². The summed E-state index contributed by atoms with van der Waals surface area (Å²) in [4.78, 5) is 2.37. The van der Waals surface area contributed by atoms with E-state index in [1.54, 1.807) is 13.2 Å². The van der Waals surface area contributed by atoms with Crippen molar-refractivity contribution in [3.63, 3.8) is 0 Å². The molecule has 19 heavy (non-hydrogen) atoms. The van der Waals surface area contributed by atoms with Gasteiger partial charge in [0.2, 0.25) is 0 Å². The number of rotatable bonds is 7. The van der Waals surface area contributed by atoms with Crippen molar-refractivity contribution in [1.82, 2.24) is 4.90 Å². The van der Waals surface area contributed by atoms with Gasteiger partial charge in [-0.3, -0.25) is 4.90 Å². The highest BCUT2D eigenvalue weighted by Crippen LogP contribution is 2.29. The van der Waals surface area contributed by atoms with Gasteiger partial charge in [0.05, 0.1) is 7.11 Å². The molecule has 1 aromatic carbocycles. The van der Waals surface area contributed by atoms with Gasteiger partial charge in [-0.1, -0.05) is 19.9 Å². The summed E-state index contributed by atoms with van der Waals surface area (Å²) in [5.74, 6) is 0.681. The molecule has 0 saturated heterocycles. The number of methoxy groups -OCH3 is 1. The third-order valence-corrected chi connectivity index (χ3v) is 3.80. The molecule has 1 unspecified atom stereocenters. The van der Waals surface area contributed by atoms with Crippen LogP contribution >= 0.6 is 0 Å². The van der Waals surface area contributed by atoms with E-state index in [1.807, 2.05) is 12.1 Å². The van der Waals surface area contributed by atoms with E-state index in [9.17, 15) is 5.11 Å². The van der Waals surface area contributed by atoms with E-state index >= 15 is 0 Å². The topological polar surface area (TPSA) is 58.7 Å². The number of nitrogens with two attached hydrogens (primary N) is 1. The molecule has 0 saturated carbocycles. The summed E-state index contributed by atoms with van der Waals surface area (Å²) in [6.45, 7) is 9.01. The summed E-state index contributed by atoms with van der Waals surface area (Å²) in [5, 5.41) is 9.63. The molecule has 0 amide bonds. The number of hydrogen-bond donors (Lipinski definition) is 2. The molecule has 0 aromatic heterocycles. The summed E-state index contributed by atoms with van der Waals surface area (Å²) in [7, 11) is 1.56. The molecule has 3 N–H and O–H groups in total. The molecular formula is C15H26N2O2. The summed E-state index contributed by atoms with van der Waals surface area (Å²) in [5.41, 5.74) is 7.03. The van der Waals surface area contributed by atoms with E-state index in [2.05, 4.69) is 25.7 Å². The second-order valence-electron chi connectivity index (χ2n) is 5.06. The lowest BCUT2D eigenvalue weighted by Gasteiger charge is -2.39. The normalized spacial score (nSPS) is 14.4. The first-order chi connectivity index (χ1) is 9.00. The van der Waals surface area contributed by atoms with Gasteiger partial charge >= 0.3 is 0 Å². The number of benzene rings is 1. The first kappa shape index (κ1) is 15.8. The second-order valence-corrected chi connectivity index (χ2v) is 5.06. The molecule has 1 rings (SSSR count). The van der Waals surface area contributed by atoms with Crippen LogP contribution in [0.2, 0.25) is 0 Å². The average Bonchev–Trinajstić information content (AvgIpc) is 2.42. The van der Waals surface area contributed by atoms with Crippen LogP contribution < -0.4 is 10.5 Å². The Labute approximate surface area is 116 Å². The van der Waals surface area contributed by atoms with Gasteiger partial charge in [0.15, 0.2) is 11.5 Å². The molecule has 108 valence electrons. The predicted octanol–water partition coefficient (Wildman–Crippen LogP) is 2.00. The Morgan fingerprint density at radius 3 is 2.42 bits per heavy atom. The Bertz CT molecular complexity index is 405. The minimum Gasteiger partial charge on any atom is -0.504 e. The third kappa shape index (κ3) is 3.61. The van der Waals surface area contributed by atoms with Crippen molar-refractivity contribution in [2.75, 3.05) is 26.7 Å². The lowest BCUT2D eigenvalue weighted by atomic mass is 9.90. The standard InChI is InChI=1S/C15H26N2O2/c1-5-17(6-2)15(3,11-16)10-12-7-8-13(18)14(9-12)19-4/h7-9,18H,5-6,10-11,16H2,1-4H3. The second kappa shape index (κ2) is 6.78. The maximum absolute atomic E-state index is 9.63. The molecule has 1 aromatic rings. The Hall–Kier alpha value is -1.26. The summed E-state index contributed by atoms with van der Waals surface area (Å²) in [6, 6.07) is 5.48. The maximum atomic E-state index is 9.63. The Morgan fingerprint density at radius 2 is 1.95 bits per heavy atom. The number of phenols is 1. The summed E-state index contributed by atoms with van der Waals surface area (Å²) < 4.78 is 5.15. The smallest absolute Gasteiger partial charge is 0.160 e. The van der Waals surface area contributed by atoms with E-state index in [0.717, 1.165) is 25.1 Å². The molecule has 4 heteroatoms. The minimum absolute atomic E-state index is 0.0779. The number of hydrogen-bond acceptors (Lipinski definition) is 4. The molecule has 0 aliphatic heterocycles. The molecule has 0 radical (unpaired) electrons. The molecular weight excluding hydrogens is 240 g/mol. The van der Waals surface area contributed by atoms with Gasteiger partial charge in [-0.25, -0.2) is 0 Å². The van der Waals surface area contributed by atoms with E-state index in [1.165, 1.54) is 0 Å². The highest BCUT2D eigenvalue weighted by molar-refractivity contribution is 5.42. The molecule has 0 fully saturated rings. The van der Waals surface area contributed by atoms with Gasteiger partial charge in [0.1, 0.15) is 0 Å². The van der Waals surface area contributed by atoms with Crippen LogP contribution in [-0.4, -0.2) is 42.3 Å². The Morgan fingerprint density at radius 1 is 1.32 bits per heavy atom. The maximum Gasteiger partial charge on any atom is 0.160 e. The molecule has 0 aliphatic rings. The minimum atomic E-state index is -0.0779. The van der Waals surface area contributed by atoms with E-state index < -0.39 is 0 Å². The summed E-state index contributed by atoms with van der Waals surface area (Å²) >= 11 is 0. The fraction of sp³-hybridized carbons (Fsp3) is 0.600. The highest BCUT2D eigenvalue weighted by Gasteiger charge is 2.28. The molecule has 4 nitrogen and oxygen atoms in total. The third-order valence-electron chi connectivity index (χ3n) is 3.80. The van der Waals surface area contributed by atoms with Crippen molar-refractivity contribution in [1.29, 1.82) is 0 Å². The quantitative estimate of drug-likeness (QED) is 0.792. The lowest BCUT2D eigenvalue weighted by Crippen LogP contribution is -2.53. The van der Waals surface area contributed by atoms with Crippen LogP contribution in [0.4, 0.5) is 0 Å². The Balaban J connectivity index is 2.97. The zero-order valence-corrected chi connectivity index (χ0v) is 12.4. The van der Waals surface area contributed by atoms with Crippen molar-refractivity contribution in [3.8, 4) is 11.5 Å². The molecule has 0 bridgehead atoms. The SMILES string of the molecule is CCN(CC)C(C)(CN)Cc1ccc(O)c(OC)c1. The monoisotopic (exact) mass is 266 g/mol. The van der Waals surface area contributed by atoms with Gasteiger partial charge in [-0.05, 0) is 44.1 Å². The number of phenolic OH excluding ortho intramolecular Hbond substituents is 1. The fourth-order valence-corrected chi connectivity index (χ4v) is 2.57. The lowest BCUT2D eigenvalue weighted by molar-refractivity contribution is 0.124. The van der Waals surface area contributed by atoms with Crippen molar-refractivity contribution in [2.45, 2.75) is 32.7 Å². The van der Waals surface area contributed by atoms with Crippen molar-refractivity contribution in [3.05, 3.63) is 23.8 Å². The number of aromatic hydroxyl groups is 1. The van der Waals surface area contributed by atoms with E-state index in [4.69, 9.17) is 10.5 Å². The largest absolute Gasteiger partial charge is 0.504 e. The number of nitrogens with zero attached hydrogens (tertiary/aromatic N) is 1. The molecule has 0 heterocycles. The van der Waals surface area contributed by atoms with Crippen LogP contribution in [0.5, 0.6) is 11.5 Å². The predicted molar refractivity (Wildman–Crippen MR) is 78.7 cm³/mol. The van der Waals surface area contributed by atoms with Gasteiger partial charge in [0.25, 0.3) is 0 Å². The van der Waals surface area contributed by atoms with Crippen molar-refractivity contribution >= 4 is 0 Å². The average molecular weight is 266 g/mol. The van der Waals surface area contributed by atoms with E-state index in [-0.39, 0.29) is 11.3 Å². The molecule has 0 aliphatic carbocycles. The van der Waals surface area contributed by atoms with Crippen LogP contribution in [0.3, 0.4) is 0 Å². The number of likely N-dealkylation sites (N-methyl/N-ethyl adjacent to an activating group) is 1. The van der Waals surface area contributed by atoms with Gasteiger partial charge < -0.3 is 15.6 Å². The van der Waals surface area contributed by atoms with Crippen LogP contribution in [-0.2, 0) is 6.42 Å². The van der Waals surface area contributed by atoms with Gasteiger partial charge in [-0.15, -0.1) is 0 Å². The first-order valence-corrected chi connectivity index (χ1v) is 6.81. The van der Waals surface area contributed by atoms with Crippen molar-refractivity contribution < 1.29 is 9.84 Å². The van der Waals surface area contributed by atoms with Crippen LogP contribution in [0, 0.1) is 0 Å². The number of ether oxygens (including phenoxy) is 1. The van der Waals surface area contributed by atoms with Crippen LogP contribution in [0.15, 0.2) is 18.2 Å². The molecule has 1 atom stereocenters.